The summed E-state index contributed by atoms with van der Waals surface area (Å²) in [4.78, 5) is 12.5. The number of aromatic nitrogens is 3. The van der Waals surface area contributed by atoms with Crippen LogP contribution in [0.25, 0.3) is 11.3 Å². The zero-order valence-corrected chi connectivity index (χ0v) is 16.6. The Bertz CT molecular complexity index is 957. The van der Waals surface area contributed by atoms with Crippen LogP contribution in [0.1, 0.15) is 48.9 Å². The Morgan fingerprint density at radius 2 is 1.83 bits per heavy atom. The molecule has 0 bridgehead atoms. The number of amides is 1. The van der Waals surface area contributed by atoms with Crippen molar-refractivity contribution in [2.75, 3.05) is 11.1 Å². The Hall–Kier alpha value is -3.15. The summed E-state index contributed by atoms with van der Waals surface area (Å²) in [5.74, 6) is 0.637. The van der Waals surface area contributed by atoms with Crippen molar-refractivity contribution < 1.29 is 4.79 Å². The molecule has 1 aliphatic carbocycles. The van der Waals surface area contributed by atoms with Crippen LogP contribution in [-0.2, 0) is 6.54 Å². The topological polar surface area (TPSA) is 85.8 Å². The first-order valence-corrected chi connectivity index (χ1v) is 10.4. The maximum Gasteiger partial charge on any atom is 0.255 e. The number of rotatable bonds is 6. The van der Waals surface area contributed by atoms with E-state index in [1.165, 1.54) is 38.5 Å². The van der Waals surface area contributed by atoms with Crippen LogP contribution >= 0.6 is 0 Å². The summed E-state index contributed by atoms with van der Waals surface area (Å²) < 4.78 is 1.93. The fraction of sp³-hybridized carbons (Fsp3) is 0.348. The average molecular weight is 390 g/mol. The highest BCUT2D eigenvalue weighted by molar-refractivity contribution is 6.05. The third-order valence-electron chi connectivity index (χ3n) is 5.68. The molecule has 0 radical (unpaired) electrons. The number of nitrogens with zero attached hydrogens (tertiary/aromatic N) is 3. The minimum atomic E-state index is -0.189. The summed E-state index contributed by atoms with van der Waals surface area (Å²) >= 11 is 0. The van der Waals surface area contributed by atoms with E-state index < -0.39 is 0 Å². The molecular formula is C23H27N5O. The highest BCUT2D eigenvalue weighted by Gasteiger charge is 2.14. The minimum Gasteiger partial charge on any atom is -0.397 e. The van der Waals surface area contributed by atoms with Crippen molar-refractivity contribution in [1.29, 1.82) is 0 Å². The first-order valence-electron chi connectivity index (χ1n) is 10.4. The second kappa shape index (κ2) is 8.90. The summed E-state index contributed by atoms with van der Waals surface area (Å²) in [6.45, 7) is 0.913. The van der Waals surface area contributed by atoms with E-state index in [0.717, 1.165) is 23.7 Å². The van der Waals surface area contributed by atoms with Gasteiger partial charge in [-0.15, -0.1) is 5.10 Å². The molecule has 29 heavy (non-hydrogen) atoms. The Balaban J connectivity index is 1.37. The van der Waals surface area contributed by atoms with Crippen LogP contribution in [0.15, 0.2) is 54.7 Å². The summed E-state index contributed by atoms with van der Waals surface area (Å²) in [5, 5.41) is 11.4. The van der Waals surface area contributed by atoms with E-state index in [2.05, 4.69) is 15.6 Å². The van der Waals surface area contributed by atoms with Crippen molar-refractivity contribution in [3.05, 3.63) is 60.3 Å². The molecule has 3 N–H and O–H groups in total. The number of para-hydroxylation sites is 2. The predicted molar refractivity (Wildman–Crippen MR) is 115 cm³/mol. The third kappa shape index (κ3) is 4.83. The monoisotopic (exact) mass is 389 g/mol. The molecule has 1 amide bonds. The second-order valence-corrected chi connectivity index (χ2v) is 7.78. The number of hydrogen-bond donors (Lipinski definition) is 2. The average Bonchev–Trinajstić information content (AvgIpc) is 3.24. The molecule has 4 rings (SSSR count). The van der Waals surface area contributed by atoms with Gasteiger partial charge >= 0.3 is 0 Å². The largest absolute Gasteiger partial charge is 0.397 e. The Morgan fingerprint density at radius 1 is 1.07 bits per heavy atom. The zero-order chi connectivity index (χ0) is 20.1. The van der Waals surface area contributed by atoms with Crippen molar-refractivity contribution in [1.82, 2.24) is 15.0 Å². The van der Waals surface area contributed by atoms with Crippen LogP contribution < -0.4 is 11.1 Å². The van der Waals surface area contributed by atoms with Gasteiger partial charge in [-0.2, -0.15) is 0 Å². The molecule has 0 aliphatic heterocycles. The van der Waals surface area contributed by atoms with Crippen molar-refractivity contribution in [3.63, 3.8) is 0 Å². The second-order valence-electron chi connectivity index (χ2n) is 7.78. The molecule has 1 fully saturated rings. The first-order chi connectivity index (χ1) is 14.2. The molecule has 0 atom stereocenters. The van der Waals surface area contributed by atoms with Crippen molar-refractivity contribution in [3.8, 4) is 11.3 Å². The number of aryl methyl sites for hydroxylation is 1. The SMILES string of the molecule is Nc1ccccc1NC(=O)c1ccc(-c2cn(CCC3CCCCC3)nn2)cc1. The van der Waals surface area contributed by atoms with Gasteiger partial charge in [-0.1, -0.05) is 61.6 Å². The van der Waals surface area contributed by atoms with Gasteiger partial charge in [0.15, 0.2) is 0 Å². The molecule has 150 valence electrons. The van der Waals surface area contributed by atoms with Crippen LogP contribution in [0.4, 0.5) is 11.4 Å². The van der Waals surface area contributed by atoms with E-state index in [1.54, 1.807) is 24.3 Å². The van der Waals surface area contributed by atoms with Crippen LogP contribution in [0, 0.1) is 5.92 Å². The smallest absolute Gasteiger partial charge is 0.255 e. The van der Waals surface area contributed by atoms with E-state index in [9.17, 15) is 4.79 Å². The van der Waals surface area contributed by atoms with Gasteiger partial charge in [0.1, 0.15) is 5.69 Å². The van der Waals surface area contributed by atoms with Gasteiger partial charge < -0.3 is 11.1 Å². The summed E-state index contributed by atoms with van der Waals surface area (Å²) in [5.41, 5.74) is 9.39. The molecule has 2 aromatic carbocycles. The molecule has 1 aromatic heterocycles. The summed E-state index contributed by atoms with van der Waals surface area (Å²) in [7, 11) is 0. The van der Waals surface area contributed by atoms with E-state index in [4.69, 9.17) is 5.73 Å². The molecule has 3 aromatic rings. The third-order valence-corrected chi connectivity index (χ3v) is 5.68. The van der Waals surface area contributed by atoms with E-state index >= 15 is 0 Å². The van der Waals surface area contributed by atoms with Crippen LogP contribution in [-0.4, -0.2) is 20.9 Å². The van der Waals surface area contributed by atoms with Gasteiger partial charge in [0, 0.05) is 17.7 Å². The van der Waals surface area contributed by atoms with E-state index in [-0.39, 0.29) is 5.91 Å². The first kappa shape index (κ1) is 19.2. The molecular weight excluding hydrogens is 362 g/mol. The zero-order valence-electron chi connectivity index (χ0n) is 16.6. The molecule has 0 saturated heterocycles. The van der Waals surface area contributed by atoms with Crippen LogP contribution in [0.2, 0.25) is 0 Å². The lowest BCUT2D eigenvalue weighted by atomic mass is 9.87. The summed E-state index contributed by atoms with van der Waals surface area (Å²) in [6, 6.07) is 14.6. The van der Waals surface area contributed by atoms with Crippen LogP contribution in [0.3, 0.4) is 0 Å². The fourth-order valence-electron chi connectivity index (χ4n) is 3.93. The van der Waals surface area contributed by atoms with Gasteiger partial charge in [-0.3, -0.25) is 9.48 Å². The van der Waals surface area contributed by atoms with Gasteiger partial charge in [-0.25, -0.2) is 0 Å². The summed E-state index contributed by atoms with van der Waals surface area (Å²) in [6.07, 6.45) is 9.97. The molecule has 1 heterocycles. The number of carbonyl (C=O) groups excluding carboxylic acids is 1. The lowest BCUT2D eigenvalue weighted by Gasteiger charge is -2.20. The highest BCUT2D eigenvalue weighted by Crippen LogP contribution is 2.27. The van der Waals surface area contributed by atoms with Gasteiger partial charge in [-0.05, 0) is 36.6 Å². The lowest BCUT2D eigenvalue weighted by Crippen LogP contribution is -2.12. The fourth-order valence-corrected chi connectivity index (χ4v) is 3.93. The maximum absolute atomic E-state index is 12.5. The van der Waals surface area contributed by atoms with Gasteiger partial charge in [0.2, 0.25) is 0 Å². The predicted octanol–water partition coefficient (Wildman–Crippen LogP) is 4.75. The maximum atomic E-state index is 12.5. The van der Waals surface area contributed by atoms with Crippen molar-refractivity contribution in [2.45, 2.75) is 45.1 Å². The van der Waals surface area contributed by atoms with Crippen LogP contribution in [0.5, 0.6) is 0 Å². The number of benzene rings is 2. The molecule has 6 heteroatoms. The number of carbonyl (C=O) groups is 1. The number of anilines is 2. The Morgan fingerprint density at radius 3 is 2.59 bits per heavy atom. The Kier molecular flexibility index (Phi) is 5.89. The molecule has 6 nitrogen and oxygen atoms in total. The highest BCUT2D eigenvalue weighted by atomic mass is 16.1. The molecule has 0 unspecified atom stereocenters. The quantitative estimate of drug-likeness (QED) is 0.596. The normalized spacial score (nSPS) is 14.6. The molecule has 1 aliphatic rings. The molecule has 0 spiro atoms. The standard InChI is InChI=1S/C23H27N5O/c24-20-8-4-5-9-21(20)25-23(29)19-12-10-18(11-13-19)22-16-28(27-26-22)15-14-17-6-2-1-3-7-17/h4-5,8-13,16-17H,1-3,6-7,14-15,24H2,(H,25,29). The van der Waals surface area contributed by atoms with Crippen molar-refractivity contribution in [2.24, 2.45) is 5.92 Å². The van der Waals surface area contributed by atoms with E-state index in [0.29, 0.717) is 16.9 Å². The number of nitrogens with two attached hydrogens (primary N) is 1. The number of hydrogen-bond acceptors (Lipinski definition) is 4. The van der Waals surface area contributed by atoms with Crippen molar-refractivity contribution >= 4 is 17.3 Å². The lowest BCUT2D eigenvalue weighted by molar-refractivity contribution is 0.102. The van der Waals surface area contributed by atoms with E-state index in [1.807, 2.05) is 35.1 Å². The van der Waals surface area contributed by atoms with Gasteiger partial charge in [0.05, 0.1) is 17.6 Å². The minimum absolute atomic E-state index is 0.189. The van der Waals surface area contributed by atoms with Gasteiger partial charge in [0.25, 0.3) is 5.91 Å². The molecule has 1 saturated carbocycles. The number of nitrogens with one attached hydrogen (secondary N) is 1. The Labute approximate surface area is 171 Å². The number of nitrogen functional groups attached to an aromatic ring is 1.